The minimum Gasteiger partial charge on any atom is -0.481 e. The molecule has 11 nitrogen and oxygen atoms in total. The zero-order valence-corrected chi connectivity index (χ0v) is 16.2. The summed E-state index contributed by atoms with van der Waals surface area (Å²) in [5, 5.41) is 28.0. The molecule has 0 aromatic carbocycles. The lowest BCUT2D eigenvalue weighted by molar-refractivity contribution is -0.143. The third-order valence-electron chi connectivity index (χ3n) is 4.36. The van der Waals surface area contributed by atoms with Gasteiger partial charge in [-0.25, -0.2) is 0 Å². The van der Waals surface area contributed by atoms with Gasteiger partial charge in [-0.15, -0.1) is 0 Å². The van der Waals surface area contributed by atoms with Crippen molar-refractivity contribution in [2.75, 3.05) is 6.54 Å². The summed E-state index contributed by atoms with van der Waals surface area (Å²) in [5.74, 6) is -4.94. The molecule has 0 bridgehead atoms. The van der Waals surface area contributed by atoms with E-state index in [0.717, 1.165) is 6.42 Å². The van der Waals surface area contributed by atoms with Gasteiger partial charge in [0.1, 0.15) is 18.1 Å². The van der Waals surface area contributed by atoms with Crippen LogP contribution in [0, 0.1) is 5.92 Å². The van der Waals surface area contributed by atoms with Crippen molar-refractivity contribution in [3.63, 3.8) is 0 Å². The summed E-state index contributed by atoms with van der Waals surface area (Å²) < 4.78 is 0. The van der Waals surface area contributed by atoms with E-state index in [4.69, 9.17) is 10.2 Å². The van der Waals surface area contributed by atoms with Gasteiger partial charge in [-0.05, 0) is 32.2 Å². The topological polar surface area (TPSA) is 174 Å². The van der Waals surface area contributed by atoms with Gasteiger partial charge in [-0.3, -0.25) is 24.0 Å². The van der Waals surface area contributed by atoms with Crippen LogP contribution in [0.5, 0.6) is 0 Å². The van der Waals surface area contributed by atoms with E-state index in [-0.39, 0.29) is 0 Å². The van der Waals surface area contributed by atoms with Crippen LogP contribution < -0.4 is 21.3 Å². The second-order valence-corrected chi connectivity index (χ2v) is 7.11. The fraction of sp³-hybridized carbons (Fsp3) is 0.706. The number of carboxylic acid groups (broad SMARTS) is 2. The van der Waals surface area contributed by atoms with Crippen LogP contribution in [-0.4, -0.2) is 70.6 Å². The normalized spacial score (nSPS) is 19.4. The van der Waals surface area contributed by atoms with Crippen molar-refractivity contribution in [1.29, 1.82) is 0 Å². The van der Waals surface area contributed by atoms with E-state index < -0.39 is 66.2 Å². The van der Waals surface area contributed by atoms with Gasteiger partial charge in [0.05, 0.1) is 12.5 Å². The first-order valence-corrected chi connectivity index (χ1v) is 9.12. The van der Waals surface area contributed by atoms with Crippen molar-refractivity contribution in [3.8, 4) is 0 Å². The van der Waals surface area contributed by atoms with Gasteiger partial charge in [0, 0.05) is 0 Å². The Bertz CT molecular complexity index is 617. The van der Waals surface area contributed by atoms with Crippen molar-refractivity contribution in [3.05, 3.63) is 0 Å². The first kappa shape index (κ1) is 23.3. The predicted octanol–water partition coefficient (Wildman–Crippen LogP) is -1.57. The molecule has 3 amide bonds. The monoisotopic (exact) mass is 400 g/mol. The van der Waals surface area contributed by atoms with E-state index in [1.165, 1.54) is 6.92 Å². The minimum absolute atomic E-state index is 0.400. The van der Waals surface area contributed by atoms with Crippen LogP contribution in [0.4, 0.5) is 0 Å². The zero-order valence-electron chi connectivity index (χ0n) is 16.2. The number of aliphatic carboxylic acids is 2. The third-order valence-corrected chi connectivity index (χ3v) is 4.36. The minimum atomic E-state index is -1.36. The van der Waals surface area contributed by atoms with Gasteiger partial charge >= 0.3 is 11.9 Å². The first-order chi connectivity index (χ1) is 13.0. The second kappa shape index (κ2) is 10.6. The average Bonchev–Trinajstić information content (AvgIpc) is 3.12. The molecular weight excluding hydrogens is 372 g/mol. The maximum Gasteiger partial charge on any atom is 0.325 e. The molecule has 0 aliphatic carbocycles. The summed E-state index contributed by atoms with van der Waals surface area (Å²) >= 11 is 0. The fourth-order valence-corrected chi connectivity index (χ4v) is 2.72. The van der Waals surface area contributed by atoms with Crippen LogP contribution >= 0.6 is 0 Å². The fourth-order valence-electron chi connectivity index (χ4n) is 2.72. The number of carbonyl (C=O) groups is 5. The molecule has 1 aliphatic heterocycles. The van der Waals surface area contributed by atoms with Crippen LogP contribution in [0.3, 0.4) is 0 Å². The molecule has 1 saturated heterocycles. The standard InChI is InChI=1S/C17H28N4O7/c1-8(2)13(16(26)19-9(3)17(27)28)21-15(25)11(7-12(22)23)20-14(24)10-5-4-6-18-10/h8-11,13,18H,4-7H2,1-3H3,(H,19,26)(H,20,24)(H,21,25)(H,22,23)(H,27,28). The Morgan fingerprint density at radius 2 is 1.64 bits per heavy atom. The third kappa shape index (κ3) is 7.14. The Labute approximate surface area is 162 Å². The lowest BCUT2D eigenvalue weighted by atomic mass is 10.0. The van der Waals surface area contributed by atoms with Crippen LogP contribution in [0.2, 0.25) is 0 Å². The number of rotatable bonds is 10. The first-order valence-electron chi connectivity index (χ1n) is 9.12. The van der Waals surface area contributed by atoms with Gasteiger partial charge in [0.2, 0.25) is 17.7 Å². The summed E-state index contributed by atoms with van der Waals surface area (Å²) in [6.45, 7) is 5.22. The number of hydrogen-bond donors (Lipinski definition) is 6. The summed E-state index contributed by atoms with van der Waals surface area (Å²) in [6, 6.07) is -4.11. The number of nitrogens with one attached hydrogen (secondary N) is 4. The molecule has 6 N–H and O–H groups in total. The van der Waals surface area contributed by atoms with Crippen LogP contribution in [0.25, 0.3) is 0 Å². The largest absolute Gasteiger partial charge is 0.481 e. The molecule has 0 saturated carbocycles. The average molecular weight is 400 g/mol. The zero-order chi connectivity index (χ0) is 21.4. The predicted molar refractivity (Wildman–Crippen MR) is 97.2 cm³/mol. The Morgan fingerprint density at radius 3 is 2.11 bits per heavy atom. The Balaban J connectivity index is 2.83. The highest BCUT2D eigenvalue weighted by Gasteiger charge is 2.33. The van der Waals surface area contributed by atoms with E-state index in [9.17, 15) is 24.0 Å². The Kier molecular flexibility index (Phi) is 8.83. The van der Waals surface area contributed by atoms with Crippen molar-refractivity contribution >= 4 is 29.7 Å². The number of carbonyl (C=O) groups excluding carboxylic acids is 3. The molecule has 1 aliphatic rings. The van der Waals surface area contributed by atoms with Gasteiger partial charge < -0.3 is 31.5 Å². The van der Waals surface area contributed by atoms with Gasteiger partial charge in [-0.2, -0.15) is 0 Å². The van der Waals surface area contributed by atoms with Crippen molar-refractivity contribution in [1.82, 2.24) is 21.3 Å². The molecule has 1 fully saturated rings. The van der Waals surface area contributed by atoms with E-state index in [1.807, 2.05) is 0 Å². The number of carboxylic acids is 2. The molecule has 0 radical (unpaired) electrons. The van der Waals surface area contributed by atoms with Crippen molar-refractivity contribution < 1.29 is 34.2 Å². The molecule has 0 aromatic rings. The molecule has 1 heterocycles. The maximum absolute atomic E-state index is 12.6. The SMILES string of the molecule is CC(NC(=O)C(NC(=O)C(CC(=O)O)NC(=O)C1CCCN1)C(C)C)C(=O)O. The maximum atomic E-state index is 12.6. The van der Waals surface area contributed by atoms with E-state index in [2.05, 4.69) is 21.3 Å². The summed E-state index contributed by atoms with van der Waals surface area (Å²) in [6.07, 6.45) is 0.727. The van der Waals surface area contributed by atoms with Gasteiger partial charge in [0.25, 0.3) is 0 Å². The molecule has 4 unspecified atom stereocenters. The van der Waals surface area contributed by atoms with Crippen LogP contribution in [0.1, 0.15) is 40.0 Å². The quantitative estimate of drug-likeness (QED) is 0.255. The molecule has 158 valence electrons. The van der Waals surface area contributed by atoms with Crippen molar-refractivity contribution in [2.24, 2.45) is 5.92 Å². The van der Waals surface area contributed by atoms with E-state index >= 15 is 0 Å². The van der Waals surface area contributed by atoms with Gasteiger partial charge in [0.15, 0.2) is 0 Å². The van der Waals surface area contributed by atoms with Crippen molar-refractivity contribution in [2.45, 2.75) is 64.2 Å². The molecule has 11 heteroatoms. The number of hydrogen-bond acceptors (Lipinski definition) is 6. The molecule has 0 aromatic heterocycles. The highest BCUT2D eigenvalue weighted by atomic mass is 16.4. The molecule has 1 rings (SSSR count). The highest BCUT2D eigenvalue weighted by Crippen LogP contribution is 2.07. The second-order valence-electron chi connectivity index (χ2n) is 7.11. The summed E-state index contributed by atoms with van der Waals surface area (Å²) in [7, 11) is 0. The van der Waals surface area contributed by atoms with Crippen LogP contribution in [-0.2, 0) is 24.0 Å². The molecular formula is C17H28N4O7. The summed E-state index contributed by atoms with van der Waals surface area (Å²) in [5.41, 5.74) is 0. The molecule has 4 atom stereocenters. The van der Waals surface area contributed by atoms with Gasteiger partial charge in [-0.1, -0.05) is 13.8 Å². The Hall–Kier alpha value is -2.69. The summed E-state index contributed by atoms with van der Waals surface area (Å²) in [4.78, 5) is 59.1. The van der Waals surface area contributed by atoms with E-state index in [0.29, 0.717) is 13.0 Å². The molecule has 28 heavy (non-hydrogen) atoms. The van der Waals surface area contributed by atoms with E-state index in [1.54, 1.807) is 13.8 Å². The molecule has 0 spiro atoms. The van der Waals surface area contributed by atoms with Crippen LogP contribution in [0.15, 0.2) is 0 Å². The smallest absolute Gasteiger partial charge is 0.325 e. The Morgan fingerprint density at radius 1 is 1.00 bits per heavy atom. The highest BCUT2D eigenvalue weighted by molar-refractivity contribution is 5.95. The lowest BCUT2D eigenvalue weighted by Crippen LogP contribution is -2.58. The lowest BCUT2D eigenvalue weighted by Gasteiger charge is -2.26. The number of amides is 3.